The van der Waals surface area contributed by atoms with Crippen molar-refractivity contribution in [2.24, 2.45) is 5.16 Å². The van der Waals surface area contributed by atoms with Crippen molar-refractivity contribution in [1.82, 2.24) is 9.88 Å². The van der Waals surface area contributed by atoms with Crippen LogP contribution in [0.25, 0.3) is 10.9 Å². The number of piperidine rings is 1. The summed E-state index contributed by atoms with van der Waals surface area (Å²) in [5.41, 5.74) is -1.59. The number of nitrogens with one attached hydrogen (secondary N) is 1. The maximum atomic E-state index is 15.9. The number of carboxylic acids is 1. The lowest BCUT2D eigenvalue weighted by Gasteiger charge is -2.41. The number of benzene rings is 1. The van der Waals surface area contributed by atoms with Gasteiger partial charge in [-0.3, -0.25) is 4.79 Å². The van der Waals surface area contributed by atoms with Crippen molar-refractivity contribution < 1.29 is 23.5 Å². The number of oxime groups is 1. The Morgan fingerprint density at radius 1 is 1.41 bits per heavy atom. The van der Waals surface area contributed by atoms with Crippen LogP contribution in [0.1, 0.15) is 49.5 Å². The molecule has 0 spiro atoms. The maximum absolute atomic E-state index is 15.9. The number of carboxylic acid groups (broad SMARTS) is 1. The number of aromatic nitrogens is 1. The highest BCUT2D eigenvalue weighted by molar-refractivity contribution is 5.98. The Morgan fingerprint density at radius 3 is 2.72 bits per heavy atom. The second-order valence-corrected chi connectivity index (χ2v) is 8.44. The molecule has 1 aromatic heterocycles. The second-order valence-electron chi connectivity index (χ2n) is 8.44. The minimum atomic E-state index is -1.42. The van der Waals surface area contributed by atoms with Gasteiger partial charge in [0.15, 0.2) is 5.82 Å². The molecule has 1 saturated heterocycles. The van der Waals surface area contributed by atoms with Crippen molar-refractivity contribution in [1.29, 1.82) is 0 Å². The Morgan fingerprint density at radius 2 is 2.12 bits per heavy atom. The molecular formula is C22H26F2N4O4. The molecule has 32 heavy (non-hydrogen) atoms. The fourth-order valence-corrected chi connectivity index (χ4v) is 4.18. The van der Waals surface area contributed by atoms with E-state index in [1.165, 1.54) is 10.8 Å². The Bertz CT molecular complexity index is 1170. The third-order valence-corrected chi connectivity index (χ3v) is 6.39. The van der Waals surface area contributed by atoms with Crippen molar-refractivity contribution in [2.45, 2.75) is 44.7 Å². The first-order valence-corrected chi connectivity index (χ1v) is 10.6. The van der Waals surface area contributed by atoms with Crippen LogP contribution in [-0.4, -0.2) is 53.6 Å². The number of fused-ring (bicyclic) bond motifs is 1. The number of aromatic carboxylic acids is 1. The third-order valence-electron chi connectivity index (χ3n) is 6.39. The molecular weight excluding hydrogens is 422 g/mol. The number of carbonyl (C=O) groups is 1. The van der Waals surface area contributed by atoms with E-state index in [4.69, 9.17) is 4.84 Å². The zero-order valence-electron chi connectivity index (χ0n) is 18.2. The Hall–Kier alpha value is -3.01. The fourth-order valence-electron chi connectivity index (χ4n) is 4.18. The van der Waals surface area contributed by atoms with Crippen LogP contribution in [0.5, 0.6) is 0 Å². The molecule has 1 aromatic carbocycles. The van der Waals surface area contributed by atoms with E-state index < -0.39 is 34.1 Å². The fraction of sp³-hybridized carbons (Fsp3) is 0.500. The van der Waals surface area contributed by atoms with Gasteiger partial charge in [-0.15, -0.1) is 0 Å². The van der Waals surface area contributed by atoms with E-state index in [-0.39, 0.29) is 29.2 Å². The molecule has 0 amide bonds. The third kappa shape index (κ3) is 3.62. The van der Waals surface area contributed by atoms with Gasteiger partial charge in [0.2, 0.25) is 5.43 Å². The molecule has 2 aromatic rings. The van der Waals surface area contributed by atoms with E-state index in [0.29, 0.717) is 25.3 Å². The number of hydrogen-bond acceptors (Lipinski definition) is 6. The summed E-state index contributed by atoms with van der Waals surface area (Å²) < 4.78 is 32.5. The van der Waals surface area contributed by atoms with Crippen LogP contribution in [0, 0.1) is 11.6 Å². The standard InChI is InChI=1S/C22H26F2N4O4/c1-4-32-26-16-11-27(8-7-22(16,2)25-3)19-15(23)9-13-18(17(19)24)28(12-5-6-12)10-14(20(13)29)21(30)31/h9-10,12,25H,4-8,11H2,1-3H3,(H,30,31)/b26-16+. The molecule has 1 atom stereocenters. The average molecular weight is 448 g/mol. The van der Waals surface area contributed by atoms with Crippen LogP contribution in [0.3, 0.4) is 0 Å². The first-order valence-electron chi connectivity index (χ1n) is 10.6. The predicted octanol–water partition coefficient (Wildman–Crippen LogP) is 2.89. The highest BCUT2D eigenvalue weighted by Crippen LogP contribution is 2.40. The normalized spacial score (nSPS) is 22.5. The monoisotopic (exact) mass is 448 g/mol. The van der Waals surface area contributed by atoms with E-state index in [9.17, 15) is 14.7 Å². The van der Waals surface area contributed by atoms with Crippen molar-refractivity contribution >= 4 is 28.3 Å². The van der Waals surface area contributed by atoms with Crippen LogP contribution in [0.2, 0.25) is 0 Å². The molecule has 1 aliphatic carbocycles. The van der Waals surface area contributed by atoms with Gasteiger partial charge in [0.1, 0.15) is 23.7 Å². The van der Waals surface area contributed by atoms with Crippen molar-refractivity contribution in [3.63, 3.8) is 0 Å². The van der Waals surface area contributed by atoms with Gasteiger partial charge in [0.25, 0.3) is 0 Å². The largest absolute Gasteiger partial charge is 0.477 e. The molecule has 0 radical (unpaired) electrons. The minimum absolute atomic E-state index is 0.0656. The van der Waals surface area contributed by atoms with Crippen LogP contribution in [-0.2, 0) is 4.84 Å². The summed E-state index contributed by atoms with van der Waals surface area (Å²) in [6, 6.07) is 0.833. The summed E-state index contributed by atoms with van der Waals surface area (Å²) in [4.78, 5) is 31.0. The number of anilines is 1. The van der Waals surface area contributed by atoms with Crippen molar-refractivity contribution in [3.8, 4) is 0 Å². The Labute approximate surface area is 183 Å². The van der Waals surface area contributed by atoms with Crippen LogP contribution in [0.15, 0.2) is 22.2 Å². The zero-order valence-corrected chi connectivity index (χ0v) is 18.2. The van der Waals surface area contributed by atoms with E-state index in [1.54, 1.807) is 18.9 Å². The van der Waals surface area contributed by atoms with Gasteiger partial charge in [0, 0.05) is 18.8 Å². The highest BCUT2D eigenvalue weighted by Gasteiger charge is 2.38. The van der Waals surface area contributed by atoms with Crippen LogP contribution < -0.4 is 15.6 Å². The van der Waals surface area contributed by atoms with Gasteiger partial charge in [-0.1, -0.05) is 5.16 Å². The molecule has 1 saturated carbocycles. The van der Waals surface area contributed by atoms with Gasteiger partial charge < -0.3 is 24.7 Å². The molecule has 2 heterocycles. The van der Waals surface area contributed by atoms with E-state index >= 15 is 8.78 Å². The van der Waals surface area contributed by atoms with Crippen LogP contribution in [0.4, 0.5) is 14.5 Å². The topological polar surface area (TPSA) is 96.2 Å². The summed E-state index contributed by atoms with van der Waals surface area (Å²) in [6.45, 7) is 4.60. The minimum Gasteiger partial charge on any atom is -0.477 e. The molecule has 1 aliphatic heterocycles. The number of hydrogen-bond donors (Lipinski definition) is 2. The number of nitrogens with zero attached hydrogens (tertiary/aromatic N) is 3. The van der Waals surface area contributed by atoms with E-state index in [2.05, 4.69) is 10.5 Å². The molecule has 2 aliphatic rings. The van der Waals surface area contributed by atoms with E-state index in [0.717, 1.165) is 18.9 Å². The molecule has 10 heteroatoms. The van der Waals surface area contributed by atoms with Gasteiger partial charge in [-0.25, -0.2) is 13.6 Å². The second kappa shape index (κ2) is 8.16. The van der Waals surface area contributed by atoms with Crippen molar-refractivity contribution in [3.05, 3.63) is 39.7 Å². The van der Waals surface area contributed by atoms with Gasteiger partial charge in [-0.05, 0) is 46.2 Å². The zero-order chi connectivity index (χ0) is 23.2. The quantitative estimate of drug-likeness (QED) is 0.660. The molecule has 2 N–H and O–H groups in total. The van der Waals surface area contributed by atoms with E-state index in [1.807, 2.05) is 6.92 Å². The molecule has 0 bridgehead atoms. The van der Waals surface area contributed by atoms with Crippen molar-refractivity contribution in [2.75, 3.05) is 31.6 Å². The SMILES string of the molecule is CCO/N=C1\CN(c2c(F)cc3c(=O)c(C(=O)O)cn(C4CC4)c3c2F)CCC1(C)NC. The smallest absolute Gasteiger partial charge is 0.341 e. The van der Waals surface area contributed by atoms with Gasteiger partial charge in [-0.2, -0.15) is 0 Å². The summed E-state index contributed by atoms with van der Waals surface area (Å²) >= 11 is 0. The molecule has 4 rings (SSSR count). The summed E-state index contributed by atoms with van der Waals surface area (Å²) in [6.07, 6.45) is 3.17. The molecule has 1 unspecified atom stereocenters. The molecule has 172 valence electrons. The summed E-state index contributed by atoms with van der Waals surface area (Å²) in [5.74, 6) is -3.21. The number of rotatable bonds is 6. The predicted molar refractivity (Wildman–Crippen MR) is 117 cm³/mol. The highest BCUT2D eigenvalue weighted by atomic mass is 19.1. The Balaban J connectivity index is 1.87. The molecule has 2 fully saturated rings. The lowest BCUT2D eigenvalue weighted by atomic mass is 9.87. The number of pyridine rings is 1. The van der Waals surface area contributed by atoms with Gasteiger partial charge in [0.05, 0.1) is 28.7 Å². The maximum Gasteiger partial charge on any atom is 0.341 e. The first kappa shape index (κ1) is 22.2. The van der Waals surface area contributed by atoms with Crippen LogP contribution >= 0.6 is 0 Å². The molecule has 8 nitrogen and oxygen atoms in total. The lowest BCUT2D eigenvalue weighted by molar-refractivity contribution is 0.0694. The Kier molecular flexibility index (Phi) is 5.66. The average Bonchev–Trinajstić information content (AvgIpc) is 3.59. The lowest BCUT2D eigenvalue weighted by Crippen LogP contribution is -2.58. The number of halogens is 2. The first-order chi connectivity index (χ1) is 15.2. The van der Waals surface area contributed by atoms with Gasteiger partial charge >= 0.3 is 5.97 Å². The summed E-state index contributed by atoms with van der Waals surface area (Å²) in [5, 5.41) is 16.5. The summed E-state index contributed by atoms with van der Waals surface area (Å²) in [7, 11) is 1.79.